The molecule has 184 valence electrons. The van der Waals surface area contributed by atoms with Gasteiger partial charge in [0.05, 0.1) is 5.25 Å². The molecule has 2 aromatic heterocycles. The third-order valence-electron chi connectivity index (χ3n) is 5.75. The summed E-state index contributed by atoms with van der Waals surface area (Å²) in [7, 11) is 5.56. The number of hydrogen-bond acceptors (Lipinski definition) is 10. The Kier molecular flexibility index (Phi) is 7.71. The van der Waals surface area contributed by atoms with Crippen LogP contribution < -0.4 is 15.5 Å². The summed E-state index contributed by atoms with van der Waals surface area (Å²) in [5, 5.41) is 14.2. The van der Waals surface area contributed by atoms with E-state index in [1.54, 1.807) is 21.6 Å². The molecular weight excluding hydrogens is 501 g/mol. The molecule has 3 N–H and O–H groups in total. The first-order valence-electron chi connectivity index (χ1n) is 11.5. The van der Waals surface area contributed by atoms with Crippen molar-refractivity contribution in [3.63, 3.8) is 0 Å². The van der Waals surface area contributed by atoms with Crippen molar-refractivity contribution in [3.8, 4) is 0 Å². The molecule has 1 aromatic carbocycles. The maximum atomic E-state index is 12.4. The number of aromatic nitrogens is 4. The van der Waals surface area contributed by atoms with Gasteiger partial charge in [0.1, 0.15) is 11.6 Å². The van der Waals surface area contributed by atoms with Gasteiger partial charge < -0.3 is 20.4 Å². The van der Waals surface area contributed by atoms with E-state index in [1.165, 1.54) is 11.8 Å². The molecule has 2 fully saturated rings. The zero-order valence-corrected chi connectivity index (χ0v) is 22.1. The third-order valence-corrected chi connectivity index (χ3v) is 9.45. The van der Waals surface area contributed by atoms with Crippen LogP contribution in [-0.4, -0.2) is 75.2 Å². The van der Waals surface area contributed by atoms with Crippen molar-refractivity contribution in [3.05, 3.63) is 42.1 Å². The predicted molar refractivity (Wildman–Crippen MR) is 146 cm³/mol. The molecule has 4 heterocycles. The Morgan fingerprint density at radius 2 is 1.91 bits per heavy atom. The number of benzene rings is 1. The molecule has 1 unspecified atom stereocenters. The minimum absolute atomic E-state index is 0.0315. The van der Waals surface area contributed by atoms with Crippen molar-refractivity contribution in [2.24, 2.45) is 0 Å². The van der Waals surface area contributed by atoms with E-state index < -0.39 is 0 Å². The van der Waals surface area contributed by atoms with Gasteiger partial charge in [-0.25, -0.2) is 9.97 Å². The first-order chi connectivity index (χ1) is 17.0. The standard InChI is InChI=1S/C23H28N8OS3/c1-15-13-20(29-28-15)25-19-14-21(31-10-8-30(2)9-11-31)27-23(26-19)34-17-5-3-16(4-6-17)24-22(32)18-7-12-33-35-18/h3-6,13-14,18H,7-12H2,1-2H3,(H,24,32)(H2,25,26,27,28,29). The van der Waals surface area contributed by atoms with Gasteiger partial charge in [-0.15, -0.1) is 0 Å². The molecule has 1 atom stereocenters. The minimum Gasteiger partial charge on any atom is -0.354 e. The maximum Gasteiger partial charge on any atom is 0.238 e. The average Bonchev–Trinajstić information content (AvgIpc) is 3.53. The molecule has 1 amide bonds. The van der Waals surface area contributed by atoms with Crippen LogP contribution in [0.4, 0.5) is 23.1 Å². The van der Waals surface area contributed by atoms with Crippen LogP contribution in [0.2, 0.25) is 0 Å². The number of nitrogens with one attached hydrogen (secondary N) is 3. The van der Waals surface area contributed by atoms with Gasteiger partial charge in [0.15, 0.2) is 11.0 Å². The molecule has 0 radical (unpaired) electrons. The average molecular weight is 529 g/mol. The minimum atomic E-state index is 0.0315. The Labute approximate surface area is 217 Å². The van der Waals surface area contributed by atoms with Gasteiger partial charge in [0.2, 0.25) is 5.91 Å². The lowest BCUT2D eigenvalue weighted by atomic mass is 10.2. The van der Waals surface area contributed by atoms with Crippen LogP contribution in [0.3, 0.4) is 0 Å². The van der Waals surface area contributed by atoms with E-state index in [1.807, 2.05) is 43.3 Å². The number of rotatable bonds is 7. The molecule has 2 aliphatic rings. The quantitative estimate of drug-likeness (QED) is 0.305. The molecule has 0 aliphatic carbocycles. The van der Waals surface area contributed by atoms with Crippen LogP contribution in [0.25, 0.3) is 0 Å². The summed E-state index contributed by atoms with van der Waals surface area (Å²) >= 11 is 1.50. The number of aromatic amines is 1. The largest absolute Gasteiger partial charge is 0.354 e. The van der Waals surface area contributed by atoms with Crippen molar-refractivity contribution in [2.45, 2.75) is 28.6 Å². The van der Waals surface area contributed by atoms with Gasteiger partial charge in [-0.2, -0.15) is 5.10 Å². The molecular formula is C23H28N8OS3. The predicted octanol–water partition coefficient (Wildman–Crippen LogP) is 4.25. The first-order valence-corrected chi connectivity index (χ1v) is 14.7. The van der Waals surface area contributed by atoms with Crippen molar-refractivity contribution < 1.29 is 4.79 Å². The molecule has 0 bridgehead atoms. The Morgan fingerprint density at radius 3 is 2.60 bits per heavy atom. The number of amides is 1. The number of nitrogens with zero attached hydrogens (tertiary/aromatic N) is 5. The van der Waals surface area contributed by atoms with Crippen molar-refractivity contribution in [1.82, 2.24) is 25.1 Å². The summed E-state index contributed by atoms with van der Waals surface area (Å²) in [6, 6.07) is 11.8. The fourth-order valence-corrected chi connectivity index (χ4v) is 7.27. The Morgan fingerprint density at radius 1 is 1.11 bits per heavy atom. The number of carbonyl (C=O) groups excluding carboxylic acids is 1. The van der Waals surface area contributed by atoms with Gasteiger partial charge in [0, 0.05) is 60.3 Å². The SMILES string of the molecule is Cc1cc(Nc2cc(N3CCN(C)CC3)nc(Sc3ccc(NC(=O)C4CCSS4)cc3)n2)n[nH]1. The third kappa shape index (κ3) is 6.43. The van der Waals surface area contributed by atoms with Crippen LogP contribution in [0.5, 0.6) is 0 Å². The van der Waals surface area contributed by atoms with Crippen molar-refractivity contribution >= 4 is 62.4 Å². The summed E-state index contributed by atoms with van der Waals surface area (Å²) in [4.78, 5) is 27.6. The van der Waals surface area contributed by atoms with Gasteiger partial charge in [-0.05, 0) is 56.4 Å². The molecule has 12 heteroatoms. The molecule has 5 rings (SSSR count). The molecule has 0 saturated carbocycles. The van der Waals surface area contributed by atoms with Crippen molar-refractivity contribution in [2.75, 3.05) is 54.5 Å². The van der Waals surface area contributed by atoms with Crippen LogP contribution in [0, 0.1) is 6.92 Å². The molecule has 2 aliphatic heterocycles. The molecule has 2 saturated heterocycles. The summed E-state index contributed by atoms with van der Waals surface area (Å²) in [6.07, 6.45) is 0.921. The number of aryl methyl sites for hydroxylation is 1. The van der Waals surface area contributed by atoms with E-state index in [0.29, 0.717) is 11.0 Å². The monoisotopic (exact) mass is 528 g/mol. The van der Waals surface area contributed by atoms with Gasteiger partial charge >= 0.3 is 0 Å². The zero-order chi connectivity index (χ0) is 24.2. The van der Waals surface area contributed by atoms with E-state index in [9.17, 15) is 4.79 Å². The lowest BCUT2D eigenvalue weighted by Gasteiger charge is -2.33. The highest BCUT2D eigenvalue weighted by Gasteiger charge is 2.24. The first kappa shape index (κ1) is 24.3. The number of hydrogen-bond donors (Lipinski definition) is 3. The highest BCUT2D eigenvalue weighted by Crippen LogP contribution is 2.38. The number of carbonyl (C=O) groups is 1. The van der Waals surface area contributed by atoms with E-state index >= 15 is 0 Å². The molecule has 3 aromatic rings. The molecule has 0 spiro atoms. The summed E-state index contributed by atoms with van der Waals surface area (Å²) in [6.45, 7) is 5.81. The fraction of sp³-hybridized carbons (Fsp3) is 0.391. The number of piperazine rings is 1. The zero-order valence-electron chi connectivity index (χ0n) is 19.7. The van der Waals surface area contributed by atoms with E-state index in [2.05, 4.69) is 37.7 Å². The summed E-state index contributed by atoms with van der Waals surface area (Å²) < 4.78 is 0. The Balaban J connectivity index is 1.32. The molecule has 9 nitrogen and oxygen atoms in total. The second-order valence-electron chi connectivity index (χ2n) is 8.56. The number of likely N-dealkylation sites (N-methyl/N-ethyl adjacent to an activating group) is 1. The lowest BCUT2D eigenvalue weighted by molar-refractivity contribution is -0.115. The van der Waals surface area contributed by atoms with Crippen LogP contribution >= 0.6 is 33.3 Å². The Bertz CT molecular complexity index is 1160. The lowest BCUT2D eigenvalue weighted by Crippen LogP contribution is -2.44. The van der Waals surface area contributed by atoms with Crippen LogP contribution in [0.15, 0.2) is 46.5 Å². The van der Waals surface area contributed by atoms with E-state index in [4.69, 9.17) is 9.97 Å². The second kappa shape index (κ2) is 11.1. The van der Waals surface area contributed by atoms with Crippen LogP contribution in [-0.2, 0) is 4.79 Å². The molecule has 35 heavy (non-hydrogen) atoms. The van der Waals surface area contributed by atoms with E-state index in [-0.39, 0.29) is 11.2 Å². The maximum absolute atomic E-state index is 12.4. The van der Waals surface area contributed by atoms with Crippen molar-refractivity contribution in [1.29, 1.82) is 0 Å². The summed E-state index contributed by atoms with van der Waals surface area (Å²) in [5.41, 5.74) is 1.79. The van der Waals surface area contributed by atoms with Gasteiger partial charge in [0.25, 0.3) is 0 Å². The summed E-state index contributed by atoms with van der Waals surface area (Å²) in [5.74, 6) is 3.44. The highest BCUT2D eigenvalue weighted by atomic mass is 33.1. The topological polar surface area (TPSA) is 102 Å². The normalized spacial score (nSPS) is 18.6. The smallest absolute Gasteiger partial charge is 0.238 e. The highest BCUT2D eigenvalue weighted by molar-refractivity contribution is 8.77. The number of anilines is 4. The number of H-pyrrole nitrogens is 1. The Hall–Kier alpha value is -2.41. The second-order valence-corrected chi connectivity index (χ2v) is 12.3. The van der Waals surface area contributed by atoms with Gasteiger partial charge in [-0.1, -0.05) is 21.6 Å². The fourth-order valence-electron chi connectivity index (χ4n) is 3.78. The van der Waals surface area contributed by atoms with Crippen LogP contribution in [0.1, 0.15) is 12.1 Å². The van der Waals surface area contributed by atoms with Gasteiger partial charge in [-0.3, -0.25) is 9.89 Å². The van der Waals surface area contributed by atoms with E-state index in [0.717, 1.165) is 66.3 Å².